The average Bonchev–Trinajstić information content (AvgIpc) is 3.55. The number of nitrogens with one attached hydrogen (secondary N) is 1. The minimum atomic E-state index is -0.467. The van der Waals surface area contributed by atoms with Gasteiger partial charge >= 0.3 is 0 Å². The van der Waals surface area contributed by atoms with E-state index in [1.54, 1.807) is 29.2 Å². The van der Waals surface area contributed by atoms with Crippen LogP contribution in [0.25, 0.3) is 0 Å². The van der Waals surface area contributed by atoms with Crippen molar-refractivity contribution in [3.8, 4) is 6.07 Å². The zero-order valence-corrected chi connectivity index (χ0v) is 21.9. The fraction of sp³-hybridized carbons (Fsp3) is 0.208. The standard InChI is InChI=1S/C24H19ClN6O2S3/c25-13-4-1-5-14(10-13)28-19(33)12-35-24-30-29-23(36-24)31-16-6-2-7-17(32)21(16)20(15(11-26)22(31)27)18-8-3-9-34-18/h1,3-5,8-10,20H,2,6-7,12,27H2,(H,28,33). The number of carbonyl (C=O) groups excluding carboxylic acids is 2. The number of thiophene rings is 1. The van der Waals surface area contributed by atoms with Gasteiger partial charge in [-0.25, -0.2) is 0 Å². The van der Waals surface area contributed by atoms with Crippen molar-refractivity contribution in [1.82, 2.24) is 10.2 Å². The van der Waals surface area contributed by atoms with Crippen LogP contribution in [0.2, 0.25) is 5.02 Å². The third-order valence-electron chi connectivity index (χ3n) is 5.76. The first kappa shape index (κ1) is 24.5. The Morgan fingerprint density at radius 2 is 2.17 bits per heavy atom. The number of rotatable bonds is 6. The minimum absolute atomic E-state index is 0.0247. The van der Waals surface area contributed by atoms with E-state index in [9.17, 15) is 14.9 Å². The first-order valence-electron chi connectivity index (χ1n) is 11.0. The second kappa shape index (κ2) is 10.4. The number of anilines is 2. The summed E-state index contributed by atoms with van der Waals surface area (Å²) < 4.78 is 0.571. The Kier molecular flexibility index (Phi) is 7.11. The summed E-state index contributed by atoms with van der Waals surface area (Å²) in [6.07, 6.45) is 1.78. The lowest BCUT2D eigenvalue weighted by atomic mass is 9.78. The van der Waals surface area contributed by atoms with E-state index >= 15 is 0 Å². The van der Waals surface area contributed by atoms with Crippen molar-refractivity contribution in [2.45, 2.75) is 29.5 Å². The first-order chi connectivity index (χ1) is 17.5. The van der Waals surface area contributed by atoms with Gasteiger partial charge in [0.25, 0.3) is 0 Å². The summed E-state index contributed by atoms with van der Waals surface area (Å²) in [7, 11) is 0. The van der Waals surface area contributed by atoms with Gasteiger partial charge in [0, 0.05) is 33.3 Å². The number of aromatic nitrogens is 2. The molecule has 0 saturated heterocycles. The lowest BCUT2D eigenvalue weighted by molar-refractivity contribution is -0.116. The summed E-state index contributed by atoms with van der Waals surface area (Å²) in [4.78, 5) is 28.1. The number of benzene rings is 1. The number of nitrogens with zero attached hydrogens (tertiary/aromatic N) is 4. The summed E-state index contributed by atoms with van der Waals surface area (Å²) in [6, 6.07) is 13.0. The molecule has 0 bridgehead atoms. The van der Waals surface area contributed by atoms with Crippen molar-refractivity contribution in [2.75, 3.05) is 16.0 Å². The van der Waals surface area contributed by atoms with Crippen LogP contribution in [-0.2, 0) is 9.59 Å². The van der Waals surface area contributed by atoms with Gasteiger partial charge in [0.1, 0.15) is 5.82 Å². The van der Waals surface area contributed by atoms with E-state index in [0.29, 0.717) is 50.6 Å². The smallest absolute Gasteiger partial charge is 0.234 e. The number of carbonyl (C=O) groups is 2. The van der Waals surface area contributed by atoms with E-state index in [4.69, 9.17) is 17.3 Å². The van der Waals surface area contributed by atoms with Crippen LogP contribution in [0.3, 0.4) is 0 Å². The first-order valence-corrected chi connectivity index (χ1v) is 14.0. The minimum Gasteiger partial charge on any atom is -0.384 e. The maximum atomic E-state index is 13.1. The number of thioether (sulfide) groups is 1. The Morgan fingerprint density at radius 3 is 2.92 bits per heavy atom. The molecule has 1 atom stereocenters. The van der Waals surface area contributed by atoms with E-state index in [0.717, 1.165) is 10.6 Å². The molecule has 1 aromatic carbocycles. The molecule has 0 spiro atoms. The molecule has 1 unspecified atom stereocenters. The molecule has 2 aliphatic rings. The van der Waals surface area contributed by atoms with Gasteiger partial charge in [-0.05, 0) is 42.5 Å². The van der Waals surface area contributed by atoms with Crippen LogP contribution in [-0.4, -0.2) is 27.6 Å². The van der Waals surface area contributed by atoms with Crippen molar-refractivity contribution in [2.24, 2.45) is 5.73 Å². The van der Waals surface area contributed by atoms with Crippen LogP contribution in [0.4, 0.5) is 10.8 Å². The fourth-order valence-electron chi connectivity index (χ4n) is 4.29. The van der Waals surface area contributed by atoms with Crippen LogP contribution < -0.4 is 16.0 Å². The maximum absolute atomic E-state index is 13.1. The Hall–Kier alpha value is -3.17. The van der Waals surface area contributed by atoms with Crippen molar-refractivity contribution >= 4 is 68.5 Å². The molecule has 0 fully saturated rings. The number of nitrogens with two attached hydrogens (primary N) is 1. The van der Waals surface area contributed by atoms with Gasteiger partial charge in [-0.15, -0.1) is 21.5 Å². The molecular weight excluding hydrogens is 536 g/mol. The molecule has 3 N–H and O–H groups in total. The summed E-state index contributed by atoms with van der Waals surface area (Å²) in [5.41, 5.74) is 8.87. The molecular formula is C24H19ClN6O2S3. The van der Waals surface area contributed by atoms with Crippen molar-refractivity contribution in [3.05, 3.63) is 74.3 Å². The zero-order valence-electron chi connectivity index (χ0n) is 18.7. The molecule has 3 heterocycles. The molecule has 12 heteroatoms. The van der Waals surface area contributed by atoms with E-state index in [2.05, 4.69) is 21.6 Å². The number of allylic oxidation sites excluding steroid dienone is 3. The summed E-state index contributed by atoms with van der Waals surface area (Å²) in [6.45, 7) is 0. The number of halogens is 1. The second-order valence-electron chi connectivity index (χ2n) is 8.03. The quantitative estimate of drug-likeness (QED) is 0.394. The van der Waals surface area contributed by atoms with Crippen molar-refractivity contribution in [3.63, 3.8) is 0 Å². The van der Waals surface area contributed by atoms with E-state index in [1.165, 1.54) is 34.4 Å². The molecule has 0 saturated carbocycles. The topological polar surface area (TPSA) is 125 Å². The van der Waals surface area contributed by atoms with Crippen LogP contribution in [0, 0.1) is 11.3 Å². The van der Waals surface area contributed by atoms with Gasteiger partial charge in [-0.3, -0.25) is 14.5 Å². The van der Waals surface area contributed by atoms with Crippen LogP contribution >= 0.6 is 46.0 Å². The lowest BCUT2D eigenvalue weighted by Gasteiger charge is -2.37. The van der Waals surface area contributed by atoms with Gasteiger partial charge in [0.05, 0.1) is 23.3 Å². The third kappa shape index (κ3) is 4.77. The Morgan fingerprint density at radius 1 is 1.31 bits per heavy atom. The molecule has 3 aromatic rings. The number of Topliss-reactive ketones (excluding diaryl/α,β-unsaturated/α-hetero) is 1. The third-order valence-corrected chi connectivity index (χ3v) is 8.98. The highest BCUT2D eigenvalue weighted by molar-refractivity contribution is 8.01. The summed E-state index contributed by atoms with van der Waals surface area (Å²) in [5.74, 6) is -0.258. The molecule has 2 aromatic heterocycles. The van der Waals surface area contributed by atoms with E-state index < -0.39 is 5.92 Å². The molecule has 1 aliphatic heterocycles. The monoisotopic (exact) mass is 554 g/mol. The van der Waals surface area contributed by atoms with Gasteiger partial charge in [-0.2, -0.15) is 5.26 Å². The predicted octanol–water partition coefficient (Wildman–Crippen LogP) is 5.29. The molecule has 0 radical (unpaired) electrons. The van der Waals surface area contributed by atoms with Crippen LogP contribution in [0.1, 0.15) is 30.1 Å². The molecule has 1 aliphatic carbocycles. The number of nitriles is 1. The van der Waals surface area contributed by atoms with Gasteiger partial charge < -0.3 is 11.1 Å². The van der Waals surface area contributed by atoms with Gasteiger partial charge in [-0.1, -0.05) is 46.8 Å². The number of hydrogen-bond acceptors (Lipinski definition) is 10. The molecule has 8 nitrogen and oxygen atoms in total. The summed E-state index contributed by atoms with van der Waals surface area (Å²) in [5, 5.41) is 24.3. The normalized spacial score (nSPS) is 17.7. The SMILES string of the molecule is N#CC1=C(N)N(c2nnc(SCC(=O)Nc3cccc(Cl)c3)s2)C2=C(C(=O)CCC2)C1c1cccs1. The Balaban J connectivity index is 1.40. The number of ketones is 1. The van der Waals surface area contributed by atoms with Crippen LogP contribution in [0.5, 0.6) is 0 Å². The Bertz CT molecular complexity index is 1440. The largest absolute Gasteiger partial charge is 0.384 e. The summed E-state index contributed by atoms with van der Waals surface area (Å²) >= 11 is 9.97. The molecule has 1 amide bonds. The molecule has 36 heavy (non-hydrogen) atoms. The second-order valence-corrected chi connectivity index (χ2v) is 11.6. The Labute approximate surface area is 224 Å². The molecule has 182 valence electrons. The number of hydrogen-bond donors (Lipinski definition) is 2. The molecule has 5 rings (SSSR count). The maximum Gasteiger partial charge on any atom is 0.234 e. The average molecular weight is 555 g/mol. The van der Waals surface area contributed by atoms with Gasteiger partial charge in [0.15, 0.2) is 10.1 Å². The van der Waals surface area contributed by atoms with Crippen LogP contribution in [0.15, 0.2) is 68.8 Å². The highest BCUT2D eigenvalue weighted by Gasteiger charge is 2.41. The fourth-order valence-corrected chi connectivity index (χ4v) is 7.00. The number of amides is 1. The van der Waals surface area contributed by atoms with E-state index in [1.807, 2.05) is 17.5 Å². The predicted molar refractivity (Wildman–Crippen MR) is 143 cm³/mol. The highest BCUT2D eigenvalue weighted by Crippen LogP contribution is 2.47. The zero-order chi connectivity index (χ0) is 25.2. The van der Waals surface area contributed by atoms with E-state index in [-0.39, 0.29) is 23.3 Å². The van der Waals surface area contributed by atoms with Crippen molar-refractivity contribution in [1.29, 1.82) is 5.26 Å². The van der Waals surface area contributed by atoms with Crippen molar-refractivity contribution < 1.29 is 9.59 Å². The lowest BCUT2D eigenvalue weighted by Crippen LogP contribution is -2.38. The van der Waals surface area contributed by atoms with Gasteiger partial charge in [0.2, 0.25) is 11.0 Å². The highest BCUT2D eigenvalue weighted by atomic mass is 35.5.